The first-order chi connectivity index (χ1) is 9.63. The largest absolute Gasteiger partial charge is 0.353 e. The third-order valence-electron chi connectivity index (χ3n) is 3.50. The van der Waals surface area contributed by atoms with Crippen LogP contribution in [0.1, 0.15) is 25.3 Å². The highest BCUT2D eigenvalue weighted by molar-refractivity contribution is 6.01. The molecule has 3 N–H and O–H groups in total. The Labute approximate surface area is 119 Å². The van der Waals surface area contributed by atoms with E-state index >= 15 is 0 Å². The first-order valence-corrected chi connectivity index (χ1v) is 7.05. The lowest BCUT2D eigenvalue weighted by molar-refractivity contribution is -0.122. The molecule has 1 aliphatic rings. The summed E-state index contributed by atoms with van der Waals surface area (Å²) in [4.78, 5) is 25.3. The normalized spacial score (nSPS) is 15.1. The number of nitrogens with zero attached hydrogens (tertiary/aromatic N) is 1. The van der Waals surface area contributed by atoms with Gasteiger partial charge in [0, 0.05) is 18.8 Å². The van der Waals surface area contributed by atoms with Gasteiger partial charge in [-0.1, -0.05) is 31.5 Å². The van der Waals surface area contributed by atoms with Gasteiger partial charge in [-0.15, -0.1) is 0 Å². The van der Waals surface area contributed by atoms with Crippen LogP contribution in [-0.4, -0.2) is 30.9 Å². The maximum Gasteiger partial charge on any atom is 0.236 e. The maximum absolute atomic E-state index is 11.9. The van der Waals surface area contributed by atoms with Crippen LogP contribution in [0.25, 0.3) is 0 Å². The van der Waals surface area contributed by atoms with Gasteiger partial charge in [0.15, 0.2) is 0 Å². The summed E-state index contributed by atoms with van der Waals surface area (Å²) in [6.07, 6.45) is 2.00. The van der Waals surface area contributed by atoms with Gasteiger partial charge in [0.1, 0.15) is 0 Å². The molecule has 5 nitrogen and oxygen atoms in total. The number of nitrogens with two attached hydrogens (primary N) is 1. The molecule has 1 aliphatic heterocycles. The Morgan fingerprint density at radius 1 is 1.45 bits per heavy atom. The molecule has 1 heterocycles. The minimum atomic E-state index is -0.457. The van der Waals surface area contributed by atoms with E-state index in [1.807, 2.05) is 31.2 Å². The molecule has 1 aromatic carbocycles. The highest BCUT2D eigenvalue weighted by Crippen LogP contribution is 2.27. The number of hydrogen-bond donors (Lipinski definition) is 2. The van der Waals surface area contributed by atoms with Gasteiger partial charge < -0.3 is 16.0 Å². The van der Waals surface area contributed by atoms with E-state index in [1.165, 1.54) is 0 Å². The number of carbonyl (C=O) groups excluding carboxylic acids is 2. The fourth-order valence-corrected chi connectivity index (χ4v) is 2.43. The molecule has 5 heteroatoms. The lowest BCUT2D eigenvalue weighted by Gasteiger charge is -2.18. The summed E-state index contributed by atoms with van der Waals surface area (Å²) in [5.74, 6) is -0.0647. The molecule has 1 atom stereocenters. The second kappa shape index (κ2) is 6.52. The van der Waals surface area contributed by atoms with Gasteiger partial charge in [0.25, 0.3) is 0 Å². The summed E-state index contributed by atoms with van der Waals surface area (Å²) >= 11 is 0. The van der Waals surface area contributed by atoms with Gasteiger partial charge in [0.05, 0.1) is 12.5 Å². The van der Waals surface area contributed by atoms with E-state index in [1.54, 1.807) is 4.90 Å². The van der Waals surface area contributed by atoms with E-state index in [9.17, 15) is 9.59 Å². The number of fused-ring (bicyclic) bond motifs is 1. The predicted molar refractivity (Wildman–Crippen MR) is 78.4 cm³/mol. The van der Waals surface area contributed by atoms with Crippen LogP contribution in [0.15, 0.2) is 24.3 Å². The lowest BCUT2D eigenvalue weighted by Crippen LogP contribution is -2.44. The summed E-state index contributed by atoms with van der Waals surface area (Å²) < 4.78 is 0. The van der Waals surface area contributed by atoms with Crippen LogP contribution in [0.5, 0.6) is 0 Å². The SMILES string of the molecule is CCCC(N)C(=O)NCCN1C(=O)Cc2ccccc21. The average molecular weight is 275 g/mol. The van der Waals surface area contributed by atoms with Gasteiger partial charge in [-0.3, -0.25) is 9.59 Å². The molecule has 0 bridgehead atoms. The molecule has 2 rings (SSSR count). The zero-order chi connectivity index (χ0) is 14.5. The summed E-state index contributed by atoms with van der Waals surface area (Å²) in [6, 6.07) is 7.29. The van der Waals surface area contributed by atoms with Gasteiger partial charge in [-0.05, 0) is 18.1 Å². The number of nitrogens with one attached hydrogen (secondary N) is 1. The minimum Gasteiger partial charge on any atom is -0.353 e. The molecule has 2 amide bonds. The first-order valence-electron chi connectivity index (χ1n) is 7.05. The Morgan fingerprint density at radius 2 is 2.20 bits per heavy atom. The van der Waals surface area contributed by atoms with Crippen molar-refractivity contribution in [2.24, 2.45) is 5.73 Å². The van der Waals surface area contributed by atoms with Crippen LogP contribution in [0.4, 0.5) is 5.69 Å². The Bertz CT molecular complexity index is 502. The van der Waals surface area contributed by atoms with Gasteiger partial charge in [-0.25, -0.2) is 0 Å². The second-order valence-electron chi connectivity index (χ2n) is 5.04. The number of hydrogen-bond acceptors (Lipinski definition) is 3. The number of para-hydroxylation sites is 1. The van der Waals surface area contributed by atoms with Crippen molar-refractivity contribution in [3.05, 3.63) is 29.8 Å². The zero-order valence-electron chi connectivity index (χ0n) is 11.8. The number of rotatable bonds is 6. The van der Waals surface area contributed by atoms with E-state index in [4.69, 9.17) is 5.73 Å². The van der Waals surface area contributed by atoms with Crippen molar-refractivity contribution in [3.8, 4) is 0 Å². The summed E-state index contributed by atoms with van der Waals surface area (Å²) in [6.45, 7) is 2.91. The molecular formula is C15H21N3O2. The molecule has 0 saturated heterocycles. The van der Waals surface area contributed by atoms with E-state index in [2.05, 4.69) is 5.32 Å². The molecule has 0 spiro atoms. The lowest BCUT2D eigenvalue weighted by atomic mass is 10.2. The van der Waals surface area contributed by atoms with Crippen molar-refractivity contribution in [2.45, 2.75) is 32.2 Å². The second-order valence-corrected chi connectivity index (χ2v) is 5.04. The summed E-state index contributed by atoms with van der Waals surface area (Å²) in [5.41, 5.74) is 7.73. The topological polar surface area (TPSA) is 75.4 Å². The van der Waals surface area contributed by atoms with Crippen molar-refractivity contribution in [2.75, 3.05) is 18.0 Å². The minimum absolute atomic E-state index is 0.0818. The first kappa shape index (κ1) is 14.5. The smallest absolute Gasteiger partial charge is 0.236 e. The van der Waals surface area contributed by atoms with E-state index in [-0.39, 0.29) is 11.8 Å². The molecule has 1 unspecified atom stereocenters. The van der Waals surface area contributed by atoms with Crippen molar-refractivity contribution < 1.29 is 9.59 Å². The third-order valence-corrected chi connectivity index (χ3v) is 3.50. The van der Waals surface area contributed by atoms with Gasteiger partial charge >= 0.3 is 0 Å². The fraction of sp³-hybridized carbons (Fsp3) is 0.467. The molecule has 0 fully saturated rings. The van der Waals surface area contributed by atoms with Crippen molar-refractivity contribution in [1.29, 1.82) is 0 Å². The van der Waals surface area contributed by atoms with Crippen LogP contribution in [0.3, 0.4) is 0 Å². The Balaban J connectivity index is 1.86. The molecule has 108 valence electrons. The van der Waals surface area contributed by atoms with Crippen LogP contribution in [0.2, 0.25) is 0 Å². The Hall–Kier alpha value is -1.88. The molecule has 0 aromatic heterocycles. The Kier molecular flexibility index (Phi) is 4.74. The van der Waals surface area contributed by atoms with Crippen LogP contribution in [-0.2, 0) is 16.0 Å². The van der Waals surface area contributed by atoms with E-state index < -0.39 is 6.04 Å². The molecule has 0 saturated carbocycles. The number of amides is 2. The molecule has 0 aliphatic carbocycles. The Morgan fingerprint density at radius 3 is 2.95 bits per heavy atom. The van der Waals surface area contributed by atoms with Crippen LogP contribution < -0.4 is 16.0 Å². The zero-order valence-corrected chi connectivity index (χ0v) is 11.8. The number of anilines is 1. The van der Waals surface area contributed by atoms with Crippen molar-refractivity contribution in [3.63, 3.8) is 0 Å². The molecule has 20 heavy (non-hydrogen) atoms. The highest BCUT2D eigenvalue weighted by atomic mass is 16.2. The highest BCUT2D eigenvalue weighted by Gasteiger charge is 2.26. The van der Waals surface area contributed by atoms with Crippen LogP contribution in [0, 0.1) is 0 Å². The van der Waals surface area contributed by atoms with E-state index in [0.717, 1.165) is 17.7 Å². The standard InChI is InChI=1S/C15H21N3O2/c1-2-5-12(16)15(20)17-8-9-18-13-7-4-3-6-11(13)10-14(18)19/h3-4,6-7,12H,2,5,8-10,16H2,1H3,(H,17,20). The fourth-order valence-electron chi connectivity index (χ4n) is 2.43. The van der Waals surface area contributed by atoms with Crippen molar-refractivity contribution in [1.82, 2.24) is 5.32 Å². The van der Waals surface area contributed by atoms with Crippen molar-refractivity contribution >= 4 is 17.5 Å². The number of benzene rings is 1. The third kappa shape index (κ3) is 3.17. The number of carbonyl (C=O) groups is 2. The average Bonchev–Trinajstić information content (AvgIpc) is 2.75. The van der Waals surface area contributed by atoms with Gasteiger partial charge in [-0.2, -0.15) is 0 Å². The van der Waals surface area contributed by atoms with Crippen LogP contribution >= 0.6 is 0 Å². The summed E-state index contributed by atoms with van der Waals surface area (Å²) in [5, 5.41) is 2.79. The van der Waals surface area contributed by atoms with Gasteiger partial charge in [0.2, 0.25) is 11.8 Å². The monoisotopic (exact) mass is 275 g/mol. The molecule has 1 aromatic rings. The quantitative estimate of drug-likeness (QED) is 0.807. The maximum atomic E-state index is 11.9. The van der Waals surface area contributed by atoms with E-state index in [0.29, 0.717) is 25.9 Å². The summed E-state index contributed by atoms with van der Waals surface area (Å²) in [7, 11) is 0. The molecular weight excluding hydrogens is 254 g/mol. The predicted octanol–water partition coefficient (Wildman–Crippen LogP) is 0.819. The molecule has 0 radical (unpaired) electrons.